The number of ether oxygens (including phenoxy) is 1. The summed E-state index contributed by atoms with van der Waals surface area (Å²) >= 11 is 0. The molecule has 0 bridgehead atoms. The fourth-order valence-corrected chi connectivity index (χ4v) is 4.86. The summed E-state index contributed by atoms with van der Waals surface area (Å²) in [7, 11) is 0. The lowest BCUT2D eigenvalue weighted by Gasteiger charge is -2.29. The first-order valence-electron chi connectivity index (χ1n) is 13.0. The first-order chi connectivity index (χ1) is 18.5. The van der Waals surface area contributed by atoms with E-state index in [1.165, 1.54) is 23.6 Å². The minimum Gasteiger partial charge on any atom is -0.445 e. The summed E-state index contributed by atoms with van der Waals surface area (Å²) in [6.07, 6.45) is -1.96. The Hall–Kier alpha value is -3.71. The van der Waals surface area contributed by atoms with Gasteiger partial charge in [-0.3, -0.25) is 19.2 Å². The van der Waals surface area contributed by atoms with Crippen LogP contribution in [0.1, 0.15) is 38.7 Å². The van der Waals surface area contributed by atoms with Crippen LogP contribution in [0, 0.1) is 5.92 Å². The van der Waals surface area contributed by atoms with Gasteiger partial charge in [-0.15, -0.1) is 0 Å². The summed E-state index contributed by atoms with van der Waals surface area (Å²) < 4.78 is 5.16. The molecule has 39 heavy (non-hydrogen) atoms. The Morgan fingerprint density at radius 2 is 1.67 bits per heavy atom. The Morgan fingerprint density at radius 1 is 1.00 bits per heavy atom. The van der Waals surface area contributed by atoms with Gasteiger partial charge >= 0.3 is 6.09 Å². The number of carbonyl (C=O) groups is 5. The highest BCUT2D eigenvalue weighted by Gasteiger charge is 2.42. The number of primary amides is 1. The van der Waals surface area contributed by atoms with Gasteiger partial charge in [0, 0.05) is 19.6 Å². The average molecular weight is 548 g/mol. The van der Waals surface area contributed by atoms with Crippen LogP contribution in [0.25, 0.3) is 0 Å². The molecule has 6 atom stereocenters. The van der Waals surface area contributed by atoms with Gasteiger partial charge in [0.15, 0.2) is 0 Å². The normalized spacial score (nSPS) is 21.9. The van der Waals surface area contributed by atoms with Crippen molar-refractivity contribution < 1.29 is 38.9 Å². The number of aliphatic hydroxyl groups excluding tert-OH is 2. The summed E-state index contributed by atoms with van der Waals surface area (Å²) in [5.41, 5.74) is 6.02. The maximum atomic E-state index is 13.3. The Kier molecular flexibility index (Phi) is 10.2. The van der Waals surface area contributed by atoms with Crippen molar-refractivity contribution in [2.45, 2.75) is 70.1 Å². The number of rotatable bonds is 10. The molecule has 1 aromatic rings. The highest BCUT2D eigenvalue weighted by atomic mass is 16.5. The second-order valence-corrected chi connectivity index (χ2v) is 10.0. The van der Waals surface area contributed by atoms with Crippen molar-refractivity contribution in [3.63, 3.8) is 0 Å². The van der Waals surface area contributed by atoms with Gasteiger partial charge in [-0.1, -0.05) is 30.3 Å². The Bertz CT molecular complexity index is 1050. The van der Waals surface area contributed by atoms with E-state index in [1.807, 2.05) is 6.07 Å². The van der Waals surface area contributed by atoms with Crippen LogP contribution in [0.15, 0.2) is 30.3 Å². The van der Waals surface area contributed by atoms with Crippen LogP contribution in [-0.2, 0) is 30.5 Å². The zero-order valence-corrected chi connectivity index (χ0v) is 22.1. The van der Waals surface area contributed by atoms with Crippen molar-refractivity contribution in [2.75, 3.05) is 19.6 Å². The number of nitrogens with one attached hydrogen (secondary N) is 2. The number of benzene rings is 1. The van der Waals surface area contributed by atoms with Crippen LogP contribution in [-0.4, -0.2) is 99.7 Å². The van der Waals surface area contributed by atoms with Crippen molar-refractivity contribution in [1.82, 2.24) is 20.4 Å². The van der Waals surface area contributed by atoms with E-state index in [0.29, 0.717) is 25.8 Å². The Balaban J connectivity index is 1.57. The molecule has 0 aliphatic carbocycles. The largest absolute Gasteiger partial charge is 0.445 e. The molecule has 2 aliphatic heterocycles. The van der Waals surface area contributed by atoms with E-state index in [-0.39, 0.29) is 25.6 Å². The molecule has 3 rings (SSSR count). The molecule has 5 amide bonds. The maximum absolute atomic E-state index is 13.3. The minimum atomic E-state index is -1.28. The lowest BCUT2D eigenvalue weighted by Crippen LogP contribution is -2.56. The summed E-state index contributed by atoms with van der Waals surface area (Å²) in [6.45, 7) is 3.33. The molecule has 0 radical (unpaired) electrons. The smallest absolute Gasteiger partial charge is 0.408 e. The fraction of sp³-hybridized carbons (Fsp3) is 0.577. The van der Waals surface area contributed by atoms with E-state index in [0.717, 1.165) is 5.56 Å². The summed E-state index contributed by atoms with van der Waals surface area (Å²) in [5, 5.41) is 24.8. The summed E-state index contributed by atoms with van der Waals surface area (Å²) in [5.74, 6) is -2.90. The minimum absolute atomic E-state index is 0.00430. The van der Waals surface area contributed by atoms with Crippen molar-refractivity contribution in [2.24, 2.45) is 11.7 Å². The van der Waals surface area contributed by atoms with Crippen molar-refractivity contribution in [3.8, 4) is 0 Å². The lowest BCUT2D eigenvalue weighted by molar-refractivity contribution is -0.142. The highest BCUT2D eigenvalue weighted by Crippen LogP contribution is 2.26. The molecule has 13 nitrogen and oxygen atoms in total. The molecule has 0 aromatic heterocycles. The monoisotopic (exact) mass is 547 g/mol. The number of nitrogens with two attached hydrogens (primary N) is 1. The first kappa shape index (κ1) is 29.8. The second-order valence-electron chi connectivity index (χ2n) is 10.0. The second kappa shape index (κ2) is 13.4. The molecule has 2 heterocycles. The first-order valence-corrected chi connectivity index (χ1v) is 13.0. The van der Waals surface area contributed by atoms with Crippen LogP contribution >= 0.6 is 0 Å². The number of nitrogens with zero attached hydrogens (tertiary/aromatic N) is 2. The third-order valence-corrected chi connectivity index (χ3v) is 7.01. The SMILES string of the molecule is C[C@@H](O)[C@H](NC(=O)[C@@H]1CCCN1C(=O)[C@@H]1CCN(C(=O)[C@@H](NC(=O)OCc2ccccc2)[C@@H](C)O)C1)C(N)=O. The number of likely N-dealkylation sites (tertiary alicyclic amines) is 2. The molecule has 0 spiro atoms. The van der Waals surface area contributed by atoms with E-state index in [1.54, 1.807) is 24.3 Å². The van der Waals surface area contributed by atoms with Gasteiger partial charge in [0.05, 0.1) is 18.1 Å². The van der Waals surface area contributed by atoms with Gasteiger partial charge in [-0.2, -0.15) is 0 Å². The number of hydrogen-bond donors (Lipinski definition) is 5. The summed E-state index contributed by atoms with van der Waals surface area (Å²) in [6, 6.07) is 5.62. The Labute approximate surface area is 226 Å². The van der Waals surface area contributed by atoms with E-state index in [4.69, 9.17) is 10.5 Å². The molecular weight excluding hydrogens is 510 g/mol. The number of carbonyl (C=O) groups excluding carboxylic acids is 5. The fourth-order valence-electron chi connectivity index (χ4n) is 4.86. The molecule has 1 aromatic carbocycles. The zero-order chi connectivity index (χ0) is 28.7. The maximum Gasteiger partial charge on any atom is 0.408 e. The molecule has 2 aliphatic rings. The summed E-state index contributed by atoms with van der Waals surface area (Å²) in [4.78, 5) is 66.0. The number of hydrogen-bond acceptors (Lipinski definition) is 8. The third kappa shape index (κ3) is 7.67. The molecular formula is C26H37N5O8. The molecule has 6 N–H and O–H groups in total. The van der Waals surface area contributed by atoms with Gasteiger partial charge in [0.25, 0.3) is 0 Å². The average Bonchev–Trinajstić information content (AvgIpc) is 3.59. The van der Waals surface area contributed by atoms with Crippen molar-refractivity contribution in [1.29, 1.82) is 0 Å². The molecule has 13 heteroatoms. The van der Waals surface area contributed by atoms with Crippen LogP contribution < -0.4 is 16.4 Å². The predicted molar refractivity (Wildman–Crippen MR) is 137 cm³/mol. The van der Waals surface area contributed by atoms with Crippen molar-refractivity contribution >= 4 is 29.7 Å². The zero-order valence-electron chi connectivity index (χ0n) is 22.1. The number of alkyl carbamates (subject to hydrolysis) is 1. The predicted octanol–water partition coefficient (Wildman–Crippen LogP) is -1.15. The van der Waals surface area contributed by atoms with Crippen molar-refractivity contribution in [3.05, 3.63) is 35.9 Å². The quantitative estimate of drug-likeness (QED) is 0.242. The van der Waals surface area contributed by atoms with Gasteiger partial charge in [-0.25, -0.2) is 4.79 Å². The van der Waals surface area contributed by atoms with Gasteiger partial charge < -0.3 is 41.1 Å². The molecule has 2 saturated heterocycles. The third-order valence-electron chi connectivity index (χ3n) is 7.01. The number of amides is 5. The standard InChI is InChI=1S/C26H37N5O8/c1-15(32)20(22(27)34)28-23(35)19-9-6-11-31(19)24(36)18-10-12-30(13-18)25(37)21(16(2)33)29-26(38)39-14-17-7-4-3-5-8-17/h3-5,7-8,15-16,18-21,32-33H,6,9-14H2,1-2H3,(H2,27,34)(H,28,35)(H,29,38)/t15-,16-,18-,19+,20+,21+/m1/s1. The topological polar surface area (TPSA) is 192 Å². The van der Waals surface area contributed by atoms with Crippen LogP contribution in [0.2, 0.25) is 0 Å². The number of aliphatic hydroxyl groups is 2. The molecule has 214 valence electrons. The highest BCUT2D eigenvalue weighted by molar-refractivity contribution is 5.93. The van der Waals surface area contributed by atoms with Crippen LogP contribution in [0.5, 0.6) is 0 Å². The van der Waals surface area contributed by atoms with Gasteiger partial charge in [0.2, 0.25) is 23.6 Å². The van der Waals surface area contributed by atoms with E-state index in [9.17, 15) is 34.2 Å². The van der Waals surface area contributed by atoms with E-state index < -0.39 is 60.1 Å². The van der Waals surface area contributed by atoms with E-state index in [2.05, 4.69) is 10.6 Å². The molecule has 0 unspecified atom stereocenters. The Morgan fingerprint density at radius 3 is 2.28 bits per heavy atom. The van der Waals surface area contributed by atoms with Gasteiger partial charge in [0.1, 0.15) is 24.7 Å². The lowest BCUT2D eigenvalue weighted by atomic mass is 10.1. The van der Waals surface area contributed by atoms with Gasteiger partial charge in [-0.05, 0) is 38.7 Å². The van der Waals surface area contributed by atoms with Crippen LogP contribution in [0.4, 0.5) is 4.79 Å². The molecule has 0 saturated carbocycles. The van der Waals surface area contributed by atoms with Crippen LogP contribution in [0.3, 0.4) is 0 Å². The molecule has 2 fully saturated rings. The van der Waals surface area contributed by atoms with E-state index >= 15 is 0 Å².